The van der Waals surface area contributed by atoms with Crippen molar-refractivity contribution in [3.05, 3.63) is 73.5 Å². The smallest absolute Gasteiger partial charge is 0.371 e. The number of benzene rings is 1. The summed E-state index contributed by atoms with van der Waals surface area (Å²) in [6.07, 6.45) is 0. The maximum atomic E-state index is 13.2. The third-order valence-electron chi connectivity index (χ3n) is 4.30. The standard InChI is InChI=1S/C19H12Cl2N2O4S/c1-9-22-17-16(12(8-28-17)10-2-4-13(20)14(21)6-10)18(24)23(9)7-11-3-5-15(27-11)19(25)26/h2-6,8H,7H2,1H3,(H,25,26). The van der Waals surface area contributed by atoms with Crippen molar-refractivity contribution in [2.45, 2.75) is 13.5 Å². The molecule has 0 aliphatic rings. The molecule has 0 unspecified atom stereocenters. The van der Waals surface area contributed by atoms with E-state index in [9.17, 15) is 9.59 Å². The molecule has 6 nitrogen and oxygen atoms in total. The second-order valence-electron chi connectivity index (χ2n) is 6.08. The first-order valence-electron chi connectivity index (χ1n) is 8.11. The summed E-state index contributed by atoms with van der Waals surface area (Å²) in [5.41, 5.74) is 1.25. The molecule has 0 aliphatic carbocycles. The van der Waals surface area contributed by atoms with Crippen LogP contribution in [0.5, 0.6) is 0 Å². The van der Waals surface area contributed by atoms with Crippen LogP contribution in [0.4, 0.5) is 0 Å². The molecule has 3 aromatic heterocycles. The Bertz CT molecular complexity index is 1290. The Morgan fingerprint density at radius 1 is 1.25 bits per heavy atom. The van der Waals surface area contributed by atoms with Gasteiger partial charge < -0.3 is 9.52 Å². The van der Waals surface area contributed by atoms with Crippen molar-refractivity contribution in [2.24, 2.45) is 0 Å². The van der Waals surface area contributed by atoms with Crippen LogP contribution >= 0.6 is 34.5 Å². The Kier molecular flexibility index (Phi) is 4.74. The second-order valence-corrected chi connectivity index (χ2v) is 7.75. The summed E-state index contributed by atoms with van der Waals surface area (Å²) in [6.45, 7) is 1.80. The molecule has 0 saturated heterocycles. The zero-order valence-electron chi connectivity index (χ0n) is 14.4. The average Bonchev–Trinajstić information content (AvgIpc) is 3.28. The Morgan fingerprint density at radius 3 is 2.71 bits per heavy atom. The van der Waals surface area contributed by atoms with Gasteiger partial charge in [-0.3, -0.25) is 9.36 Å². The lowest BCUT2D eigenvalue weighted by molar-refractivity contribution is 0.0660. The van der Waals surface area contributed by atoms with Crippen LogP contribution in [-0.2, 0) is 6.54 Å². The summed E-state index contributed by atoms with van der Waals surface area (Å²) >= 11 is 13.5. The molecule has 142 valence electrons. The Balaban J connectivity index is 1.85. The number of fused-ring (bicyclic) bond motifs is 1. The molecule has 3 heterocycles. The Hall–Kier alpha value is -2.61. The van der Waals surface area contributed by atoms with Crippen molar-refractivity contribution in [1.82, 2.24) is 9.55 Å². The van der Waals surface area contributed by atoms with E-state index < -0.39 is 5.97 Å². The van der Waals surface area contributed by atoms with E-state index in [4.69, 9.17) is 32.7 Å². The summed E-state index contributed by atoms with van der Waals surface area (Å²) in [5, 5.41) is 12.2. The Morgan fingerprint density at radius 2 is 2.04 bits per heavy atom. The molecule has 1 aromatic carbocycles. The third kappa shape index (κ3) is 3.22. The normalized spacial score (nSPS) is 11.2. The van der Waals surface area contributed by atoms with E-state index in [-0.39, 0.29) is 17.9 Å². The van der Waals surface area contributed by atoms with Gasteiger partial charge in [0.05, 0.1) is 22.0 Å². The number of carboxylic acid groups (broad SMARTS) is 1. The minimum absolute atomic E-state index is 0.0809. The molecule has 28 heavy (non-hydrogen) atoms. The number of aryl methyl sites for hydroxylation is 1. The van der Waals surface area contributed by atoms with Crippen molar-refractivity contribution in [1.29, 1.82) is 0 Å². The van der Waals surface area contributed by atoms with Gasteiger partial charge in [0.2, 0.25) is 5.76 Å². The third-order valence-corrected chi connectivity index (χ3v) is 5.91. The molecule has 4 rings (SSSR count). The fraction of sp³-hybridized carbons (Fsp3) is 0.105. The van der Waals surface area contributed by atoms with Crippen molar-refractivity contribution in [3.8, 4) is 11.1 Å². The van der Waals surface area contributed by atoms with Gasteiger partial charge in [0.1, 0.15) is 16.4 Å². The first-order chi connectivity index (χ1) is 13.3. The second kappa shape index (κ2) is 7.09. The van der Waals surface area contributed by atoms with Gasteiger partial charge in [0.25, 0.3) is 5.56 Å². The SMILES string of the molecule is Cc1nc2scc(-c3ccc(Cl)c(Cl)c3)c2c(=O)n1Cc1ccc(C(=O)O)o1. The fourth-order valence-corrected chi connectivity index (χ4v) is 4.20. The monoisotopic (exact) mass is 434 g/mol. The number of carbonyl (C=O) groups is 1. The molecular formula is C19H12Cl2N2O4S. The van der Waals surface area contributed by atoms with Crippen molar-refractivity contribution >= 4 is 50.7 Å². The predicted molar refractivity (Wildman–Crippen MR) is 109 cm³/mol. The van der Waals surface area contributed by atoms with E-state index in [2.05, 4.69) is 4.98 Å². The van der Waals surface area contributed by atoms with Crippen LogP contribution in [0.2, 0.25) is 10.0 Å². The van der Waals surface area contributed by atoms with Crippen LogP contribution in [0.3, 0.4) is 0 Å². The Labute approximate surface area is 172 Å². The first kappa shape index (κ1) is 18.7. The molecule has 4 aromatic rings. The summed E-state index contributed by atoms with van der Waals surface area (Å²) in [6, 6.07) is 8.08. The van der Waals surface area contributed by atoms with E-state index >= 15 is 0 Å². The topological polar surface area (TPSA) is 85.3 Å². The van der Waals surface area contributed by atoms with Gasteiger partial charge in [-0.15, -0.1) is 11.3 Å². The highest BCUT2D eigenvalue weighted by Crippen LogP contribution is 2.34. The van der Waals surface area contributed by atoms with Crippen LogP contribution < -0.4 is 5.56 Å². The van der Waals surface area contributed by atoms with Gasteiger partial charge in [-0.1, -0.05) is 29.3 Å². The van der Waals surface area contributed by atoms with Gasteiger partial charge in [-0.2, -0.15) is 0 Å². The maximum absolute atomic E-state index is 13.2. The molecule has 9 heteroatoms. The summed E-state index contributed by atoms with van der Waals surface area (Å²) < 4.78 is 6.74. The minimum Gasteiger partial charge on any atom is -0.475 e. The molecule has 0 spiro atoms. The zero-order chi connectivity index (χ0) is 20.0. The van der Waals surface area contributed by atoms with Crippen molar-refractivity contribution < 1.29 is 14.3 Å². The molecule has 0 aliphatic heterocycles. The largest absolute Gasteiger partial charge is 0.475 e. The van der Waals surface area contributed by atoms with Gasteiger partial charge in [-0.05, 0) is 36.8 Å². The van der Waals surface area contributed by atoms with Crippen molar-refractivity contribution in [2.75, 3.05) is 0 Å². The lowest BCUT2D eigenvalue weighted by atomic mass is 10.1. The molecule has 0 atom stereocenters. The molecule has 0 amide bonds. The first-order valence-corrected chi connectivity index (χ1v) is 9.75. The predicted octanol–water partition coefficient (Wildman–Crippen LogP) is 5.08. The van der Waals surface area contributed by atoms with Crippen LogP contribution in [0.1, 0.15) is 22.1 Å². The molecule has 0 bridgehead atoms. The highest BCUT2D eigenvalue weighted by atomic mass is 35.5. The summed E-state index contributed by atoms with van der Waals surface area (Å²) in [5.74, 6) is -0.478. The maximum Gasteiger partial charge on any atom is 0.371 e. The van der Waals surface area contributed by atoms with Crippen LogP contribution in [-0.4, -0.2) is 20.6 Å². The van der Waals surface area contributed by atoms with Crippen molar-refractivity contribution in [3.63, 3.8) is 0 Å². The van der Waals surface area contributed by atoms with Gasteiger partial charge >= 0.3 is 5.97 Å². The highest BCUT2D eigenvalue weighted by molar-refractivity contribution is 7.17. The van der Waals surface area contributed by atoms with Gasteiger partial charge in [-0.25, -0.2) is 9.78 Å². The van der Waals surface area contributed by atoms with Crippen LogP contribution in [0, 0.1) is 6.92 Å². The average molecular weight is 435 g/mol. The van der Waals surface area contributed by atoms with Gasteiger partial charge in [0, 0.05) is 10.9 Å². The number of hydrogen-bond donors (Lipinski definition) is 1. The van der Waals surface area contributed by atoms with E-state index in [1.165, 1.54) is 28.0 Å². The lowest BCUT2D eigenvalue weighted by Crippen LogP contribution is -2.24. The number of aromatic nitrogens is 2. The number of nitrogens with zero attached hydrogens (tertiary/aromatic N) is 2. The number of hydrogen-bond acceptors (Lipinski definition) is 5. The highest BCUT2D eigenvalue weighted by Gasteiger charge is 2.18. The number of thiophene rings is 1. The van der Waals surface area contributed by atoms with Gasteiger partial charge in [0.15, 0.2) is 0 Å². The van der Waals surface area contributed by atoms with E-state index in [0.717, 1.165) is 11.1 Å². The minimum atomic E-state index is -1.16. The molecule has 0 fully saturated rings. The number of aromatic carboxylic acids is 1. The number of carboxylic acids is 1. The summed E-state index contributed by atoms with van der Waals surface area (Å²) in [7, 11) is 0. The zero-order valence-corrected chi connectivity index (χ0v) is 16.7. The number of halogens is 2. The molecular weight excluding hydrogens is 423 g/mol. The molecule has 0 saturated carbocycles. The number of rotatable bonds is 4. The summed E-state index contributed by atoms with van der Waals surface area (Å²) in [4.78, 5) is 29.4. The fourth-order valence-electron chi connectivity index (χ4n) is 2.92. The molecule has 0 radical (unpaired) electrons. The lowest BCUT2D eigenvalue weighted by Gasteiger charge is -2.09. The quantitative estimate of drug-likeness (QED) is 0.483. The van der Waals surface area contributed by atoms with E-state index in [0.29, 0.717) is 31.8 Å². The molecule has 1 N–H and O–H groups in total. The number of furan rings is 1. The van der Waals surface area contributed by atoms with Crippen LogP contribution in [0.15, 0.2) is 44.9 Å². The van der Waals surface area contributed by atoms with E-state index in [1.807, 2.05) is 5.38 Å². The van der Waals surface area contributed by atoms with E-state index in [1.54, 1.807) is 25.1 Å². The van der Waals surface area contributed by atoms with Crippen LogP contribution in [0.25, 0.3) is 21.3 Å².